The maximum atomic E-state index is 12.6. The number of benzene rings is 1. The van der Waals surface area contributed by atoms with Crippen LogP contribution in [0, 0.1) is 13.8 Å². The number of aryl methyl sites for hydroxylation is 2. The Morgan fingerprint density at radius 2 is 2.15 bits per heavy atom. The van der Waals surface area contributed by atoms with Crippen molar-refractivity contribution in [1.29, 1.82) is 0 Å². The Labute approximate surface area is 151 Å². The van der Waals surface area contributed by atoms with Crippen molar-refractivity contribution < 1.29 is 9.53 Å². The van der Waals surface area contributed by atoms with Gasteiger partial charge in [-0.25, -0.2) is 4.98 Å². The van der Waals surface area contributed by atoms with E-state index in [-0.39, 0.29) is 12.0 Å². The standard InChI is InChI=1S/C19H21N5O2/c1-12-15(13(2)23-22-12)8-20-19(25)18-16-10-26-17(9-24(16)11-21-18)14-6-4-3-5-7-14/h3-7,11,17H,8-10H2,1-2H3,(H,20,25)(H,22,23)/t17-/m0/s1. The molecule has 0 aliphatic carbocycles. The molecule has 0 saturated carbocycles. The molecular weight excluding hydrogens is 330 g/mol. The molecule has 26 heavy (non-hydrogen) atoms. The van der Waals surface area contributed by atoms with Gasteiger partial charge in [-0.15, -0.1) is 0 Å². The molecule has 3 heterocycles. The highest BCUT2D eigenvalue weighted by Gasteiger charge is 2.26. The lowest BCUT2D eigenvalue weighted by Gasteiger charge is -2.25. The van der Waals surface area contributed by atoms with Gasteiger partial charge in [0.2, 0.25) is 0 Å². The average Bonchev–Trinajstić information content (AvgIpc) is 3.23. The van der Waals surface area contributed by atoms with Crippen molar-refractivity contribution in [2.75, 3.05) is 0 Å². The number of hydrogen-bond acceptors (Lipinski definition) is 4. The number of H-pyrrole nitrogens is 1. The SMILES string of the molecule is Cc1n[nH]c(C)c1CNC(=O)c1ncn2c1CO[C@H](c1ccccc1)C2. The maximum Gasteiger partial charge on any atom is 0.272 e. The van der Waals surface area contributed by atoms with Gasteiger partial charge >= 0.3 is 0 Å². The number of fused-ring (bicyclic) bond motifs is 1. The van der Waals surface area contributed by atoms with E-state index in [9.17, 15) is 4.79 Å². The molecule has 134 valence electrons. The van der Waals surface area contributed by atoms with Gasteiger partial charge in [0, 0.05) is 17.8 Å². The van der Waals surface area contributed by atoms with Crippen LogP contribution in [0.2, 0.25) is 0 Å². The molecule has 2 aromatic heterocycles. The van der Waals surface area contributed by atoms with E-state index < -0.39 is 0 Å². The quantitative estimate of drug-likeness (QED) is 0.756. The monoisotopic (exact) mass is 351 g/mol. The van der Waals surface area contributed by atoms with Crippen LogP contribution >= 0.6 is 0 Å². The molecule has 0 saturated heterocycles. The summed E-state index contributed by atoms with van der Waals surface area (Å²) in [7, 11) is 0. The fourth-order valence-corrected chi connectivity index (χ4v) is 3.27. The fourth-order valence-electron chi connectivity index (χ4n) is 3.27. The maximum absolute atomic E-state index is 12.6. The Morgan fingerprint density at radius 3 is 2.88 bits per heavy atom. The van der Waals surface area contributed by atoms with Gasteiger partial charge in [0.15, 0.2) is 5.69 Å². The molecule has 0 bridgehead atoms. The highest BCUT2D eigenvalue weighted by Crippen LogP contribution is 2.27. The summed E-state index contributed by atoms with van der Waals surface area (Å²) in [5.41, 5.74) is 5.23. The minimum absolute atomic E-state index is 0.0231. The zero-order valence-electron chi connectivity index (χ0n) is 14.8. The summed E-state index contributed by atoms with van der Waals surface area (Å²) in [5, 5.41) is 10.0. The number of ether oxygens (including phenoxy) is 1. The zero-order valence-corrected chi connectivity index (χ0v) is 14.8. The third-order valence-corrected chi connectivity index (χ3v) is 4.82. The molecule has 0 fully saturated rings. The molecule has 0 radical (unpaired) electrons. The second-order valence-corrected chi connectivity index (χ2v) is 6.50. The number of amides is 1. The smallest absolute Gasteiger partial charge is 0.272 e. The predicted octanol–water partition coefficient (Wildman–Crippen LogP) is 2.42. The van der Waals surface area contributed by atoms with Crippen molar-refractivity contribution in [3.8, 4) is 0 Å². The fraction of sp³-hybridized carbons (Fsp3) is 0.316. The molecular formula is C19H21N5O2. The summed E-state index contributed by atoms with van der Waals surface area (Å²) in [6, 6.07) is 10.1. The van der Waals surface area contributed by atoms with E-state index in [1.807, 2.05) is 36.6 Å². The van der Waals surface area contributed by atoms with Crippen LogP contribution in [0.1, 0.15) is 44.8 Å². The van der Waals surface area contributed by atoms with Gasteiger partial charge < -0.3 is 14.6 Å². The largest absolute Gasteiger partial charge is 0.365 e. The van der Waals surface area contributed by atoms with Crippen molar-refractivity contribution in [2.45, 2.75) is 39.6 Å². The first-order valence-corrected chi connectivity index (χ1v) is 8.62. The van der Waals surface area contributed by atoms with E-state index >= 15 is 0 Å². The molecule has 2 N–H and O–H groups in total. The molecule has 1 aliphatic rings. The lowest BCUT2D eigenvalue weighted by molar-refractivity contribution is 0.00257. The molecule has 4 rings (SSSR count). The van der Waals surface area contributed by atoms with Crippen LogP contribution in [0.15, 0.2) is 36.7 Å². The summed E-state index contributed by atoms with van der Waals surface area (Å²) in [4.78, 5) is 16.9. The minimum atomic E-state index is -0.194. The number of hydrogen-bond donors (Lipinski definition) is 2. The van der Waals surface area contributed by atoms with E-state index in [0.717, 1.165) is 28.2 Å². The minimum Gasteiger partial charge on any atom is -0.365 e. The van der Waals surface area contributed by atoms with Crippen LogP contribution in [-0.4, -0.2) is 25.7 Å². The van der Waals surface area contributed by atoms with Crippen molar-refractivity contribution in [1.82, 2.24) is 25.1 Å². The van der Waals surface area contributed by atoms with Crippen LogP contribution in [0.5, 0.6) is 0 Å². The number of nitrogens with one attached hydrogen (secondary N) is 2. The molecule has 7 nitrogen and oxygen atoms in total. The second-order valence-electron chi connectivity index (χ2n) is 6.50. The predicted molar refractivity (Wildman–Crippen MR) is 95.4 cm³/mol. The van der Waals surface area contributed by atoms with Crippen molar-refractivity contribution in [3.05, 3.63) is 70.6 Å². The molecule has 0 spiro atoms. The first-order valence-electron chi connectivity index (χ1n) is 8.62. The van der Waals surface area contributed by atoms with Gasteiger partial charge in [-0.2, -0.15) is 5.10 Å². The van der Waals surface area contributed by atoms with Gasteiger partial charge in [-0.3, -0.25) is 9.89 Å². The van der Waals surface area contributed by atoms with Gasteiger partial charge in [-0.1, -0.05) is 30.3 Å². The normalized spacial score (nSPS) is 16.3. The van der Waals surface area contributed by atoms with Crippen LogP contribution in [0.3, 0.4) is 0 Å². The second kappa shape index (κ2) is 6.76. The summed E-state index contributed by atoms with van der Waals surface area (Å²) < 4.78 is 7.98. The molecule has 0 unspecified atom stereocenters. The van der Waals surface area contributed by atoms with Crippen LogP contribution < -0.4 is 5.32 Å². The molecule has 1 atom stereocenters. The third kappa shape index (κ3) is 3.01. The third-order valence-electron chi connectivity index (χ3n) is 4.82. The number of nitrogens with zero attached hydrogens (tertiary/aromatic N) is 3. The van der Waals surface area contributed by atoms with Crippen molar-refractivity contribution in [2.24, 2.45) is 0 Å². The highest BCUT2D eigenvalue weighted by molar-refractivity contribution is 5.93. The van der Waals surface area contributed by atoms with Crippen LogP contribution in [0.4, 0.5) is 0 Å². The Kier molecular flexibility index (Phi) is 4.30. The molecule has 1 aromatic carbocycles. The Hall–Kier alpha value is -2.93. The van der Waals surface area contributed by atoms with E-state index in [1.165, 1.54) is 0 Å². The van der Waals surface area contributed by atoms with E-state index in [0.29, 0.717) is 25.4 Å². The molecule has 7 heteroatoms. The van der Waals surface area contributed by atoms with Gasteiger partial charge in [0.1, 0.15) is 6.10 Å². The lowest BCUT2D eigenvalue weighted by atomic mass is 10.1. The average molecular weight is 351 g/mol. The van der Waals surface area contributed by atoms with Crippen molar-refractivity contribution in [3.63, 3.8) is 0 Å². The Morgan fingerprint density at radius 1 is 1.35 bits per heavy atom. The topological polar surface area (TPSA) is 84.8 Å². The number of carbonyl (C=O) groups excluding carboxylic acids is 1. The van der Waals surface area contributed by atoms with E-state index in [2.05, 4.69) is 32.6 Å². The molecule has 1 amide bonds. The lowest BCUT2D eigenvalue weighted by Crippen LogP contribution is -2.27. The summed E-state index contributed by atoms with van der Waals surface area (Å²) >= 11 is 0. The van der Waals surface area contributed by atoms with Gasteiger partial charge in [0.05, 0.1) is 30.9 Å². The van der Waals surface area contributed by atoms with Crippen LogP contribution in [0.25, 0.3) is 0 Å². The van der Waals surface area contributed by atoms with Gasteiger partial charge in [-0.05, 0) is 19.4 Å². The number of rotatable bonds is 4. The number of aromatic amines is 1. The molecule has 3 aromatic rings. The first kappa shape index (κ1) is 16.5. The Bertz CT molecular complexity index is 909. The zero-order chi connectivity index (χ0) is 18.1. The highest BCUT2D eigenvalue weighted by atomic mass is 16.5. The number of aromatic nitrogens is 4. The van der Waals surface area contributed by atoms with Crippen LogP contribution in [-0.2, 0) is 24.4 Å². The van der Waals surface area contributed by atoms with Gasteiger partial charge in [0.25, 0.3) is 5.91 Å². The van der Waals surface area contributed by atoms with Crippen molar-refractivity contribution >= 4 is 5.91 Å². The number of carbonyl (C=O) groups is 1. The first-order chi connectivity index (χ1) is 12.6. The summed E-state index contributed by atoms with van der Waals surface area (Å²) in [6.07, 6.45) is 1.70. The summed E-state index contributed by atoms with van der Waals surface area (Å²) in [5.74, 6) is -0.194. The van der Waals surface area contributed by atoms with E-state index in [1.54, 1.807) is 6.33 Å². The Balaban J connectivity index is 1.47. The van der Waals surface area contributed by atoms with E-state index in [4.69, 9.17) is 4.74 Å². The number of imidazole rings is 1. The molecule has 1 aliphatic heterocycles. The summed E-state index contributed by atoms with van der Waals surface area (Å²) in [6.45, 7) is 5.30.